The lowest BCUT2D eigenvalue weighted by Crippen LogP contribution is -2.11. The van der Waals surface area contributed by atoms with Crippen LogP contribution in [0, 0.1) is 6.92 Å². The van der Waals surface area contributed by atoms with Crippen molar-refractivity contribution >= 4 is 11.7 Å². The van der Waals surface area contributed by atoms with Crippen LogP contribution in [0.2, 0.25) is 0 Å². The number of carbonyl (C=O) groups is 1. The Bertz CT molecular complexity index is 345. The molecule has 0 fully saturated rings. The molecule has 0 atom stereocenters. The van der Waals surface area contributed by atoms with Crippen LogP contribution in [-0.4, -0.2) is 27.2 Å². The van der Waals surface area contributed by atoms with Crippen molar-refractivity contribution in [2.24, 2.45) is 0 Å². The van der Waals surface area contributed by atoms with E-state index in [2.05, 4.69) is 0 Å². The van der Waals surface area contributed by atoms with Gasteiger partial charge < -0.3 is 9.64 Å². The predicted molar refractivity (Wildman–Crippen MR) is 56.8 cm³/mol. The number of ether oxygens (including phenoxy) is 1. The van der Waals surface area contributed by atoms with E-state index in [0.717, 1.165) is 11.3 Å². The summed E-state index contributed by atoms with van der Waals surface area (Å²) in [5, 5.41) is 0. The molecule has 0 amide bonds. The lowest BCUT2D eigenvalue weighted by atomic mass is 10.1. The smallest absolute Gasteiger partial charge is 0.338 e. The Morgan fingerprint density at radius 3 is 2.50 bits per heavy atom. The second-order valence-electron chi connectivity index (χ2n) is 3.39. The summed E-state index contributed by atoms with van der Waals surface area (Å²) >= 11 is 0. The van der Waals surface area contributed by atoms with Crippen molar-refractivity contribution in [3.63, 3.8) is 0 Å². The lowest BCUT2D eigenvalue weighted by molar-refractivity contribution is 0.0600. The molecule has 3 nitrogen and oxygen atoms in total. The van der Waals surface area contributed by atoms with Gasteiger partial charge >= 0.3 is 5.97 Å². The zero-order valence-corrected chi connectivity index (χ0v) is 9.00. The number of methoxy groups -OCH3 is 1. The van der Waals surface area contributed by atoms with E-state index in [0.29, 0.717) is 5.56 Å². The third kappa shape index (κ3) is 2.05. The van der Waals surface area contributed by atoms with Crippen molar-refractivity contribution in [3.8, 4) is 0 Å². The molecule has 0 aliphatic carbocycles. The van der Waals surface area contributed by atoms with E-state index in [9.17, 15) is 4.79 Å². The molecule has 0 aliphatic heterocycles. The maximum Gasteiger partial charge on any atom is 0.338 e. The Labute approximate surface area is 84.3 Å². The normalized spacial score (nSPS) is 9.71. The summed E-state index contributed by atoms with van der Waals surface area (Å²) in [6, 6.07) is 5.73. The predicted octanol–water partition coefficient (Wildman–Crippen LogP) is 1.85. The van der Waals surface area contributed by atoms with E-state index < -0.39 is 0 Å². The van der Waals surface area contributed by atoms with E-state index >= 15 is 0 Å². The Morgan fingerprint density at radius 1 is 1.36 bits per heavy atom. The molecule has 0 bridgehead atoms. The molecule has 0 radical (unpaired) electrons. The number of hydrogen-bond acceptors (Lipinski definition) is 3. The van der Waals surface area contributed by atoms with Crippen molar-refractivity contribution in [3.05, 3.63) is 29.3 Å². The van der Waals surface area contributed by atoms with Crippen LogP contribution in [0.3, 0.4) is 0 Å². The minimum Gasteiger partial charge on any atom is -0.465 e. The standard InChI is InChI=1S/C11H15NO2/c1-8-5-6-9(12(2)3)7-10(8)11(13)14-4/h5-7H,1-4H3. The van der Waals surface area contributed by atoms with Crippen LogP contribution in [-0.2, 0) is 4.74 Å². The molecule has 3 heteroatoms. The highest BCUT2D eigenvalue weighted by Gasteiger charge is 2.10. The van der Waals surface area contributed by atoms with Crippen LogP contribution in [0.4, 0.5) is 5.69 Å². The molecular formula is C11H15NO2. The second kappa shape index (κ2) is 4.13. The van der Waals surface area contributed by atoms with Crippen LogP contribution in [0.15, 0.2) is 18.2 Å². The first-order valence-electron chi connectivity index (χ1n) is 4.42. The number of esters is 1. The summed E-state index contributed by atoms with van der Waals surface area (Å²) in [6.07, 6.45) is 0. The Morgan fingerprint density at radius 2 is 2.00 bits per heavy atom. The molecule has 0 saturated heterocycles. The van der Waals surface area contributed by atoms with E-state index in [1.165, 1.54) is 7.11 Å². The zero-order chi connectivity index (χ0) is 10.7. The number of carbonyl (C=O) groups excluding carboxylic acids is 1. The molecular weight excluding hydrogens is 178 g/mol. The quantitative estimate of drug-likeness (QED) is 0.671. The van der Waals surface area contributed by atoms with Gasteiger partial charge in [0.2, 0.25) is 0 Å². The third-order valence-corrected chi connectivity index (χ3v) is 2.14. The molecule has 1 aromatic rings. The van der Waals surface area contributed by atoms with Gasteiger partial charge in [0, 0.05) is 19.8 Å². The van der Waals surface area contributed by atoms with Gasteiger partial charge in [0.1, 0.15) is 0 Å². The fraction of sp³-hybridized carbons (Fsp3) is 0.364. The van der Waals surface area contributed by atoms with Gasteiger partial charge in [-0.25, -0.2) is 4.79 Å². The fourth-order valence-corrected chi connectivity index (χ4v) is 1.22. The molecule has 0 aliphatic rings. The molecule has 0 heterocycles. The molecule has 0 N–H and O–H groups in total. The van der Waals surface area contributed by atoms with E-state index in [4.69, 9.17) is 4.74 Å². The maximum atomic E-state index is 11.4. The highest BCUT2D eigenvalue weighted by Crippen LogP contribution is 2.17. The van der Waals surface area contributed by atoms with Gasteiger partial charge in [0.25, 0.3) is 0 Å². The highest BCUT2D eigenvalue weighted by atomic mass is 16.5. The number of hydrogen-bond donors (Lipinski definition) is 0. The maximum absolute atomic E-state index is 11.4. The molecule has 1 rings (SSSR count). The minimum absolute atomic E-state index is 0.286. The monoisotopic (exact) mass is 193 g/mol. The molecule has 1 aromatic carbocycles. The summed E-state index contributed by atoms with van der Waals surface area (Å²) in [5.41, 5.74) is 2.55. The minimum atomic E-state index is -0.286. The van der Waals surface area contributed by atoms with Crippen molar-refractivity contribution < 1.29 is 9.53 Å². The fourth-order valence-electron chi connectivity index (χ4n) is 1.22. The highest BCUT2D eigenvalue weighted by molar-refractivity contribution is 5.92. The number of nitrogens with zero attached hydrogens (tertiary/aromatic N) is 1. The molecule has 14 heavy (non-hydrogen) atoms. The van der Waals surface area contributed by atoms with Crippen LogP contribution >= 0.6 is 0 Å². The van der Waals surface area contributed by atoms with Crippen molar-refractivity contribution in [1.82, 2.24) is 0 Å². The van der Waals surface area contributed by atoms with Crippen LogP contribution in [0.5, 0.6) is 0 Å². The van der Waals surface area contributed by atoms with Gasteiger partial charge in [-0.3, -0.25) is 0 Å². The van der Waals surface area contributed by atoms with E-state index in [-0.39, 0.29) is 5.97 Å². The van der Waals surface area contributed by atoms with Gasteiger partial charge in [0.05, 0.1) is 12.7 Å². The third-order valence-electron chi connectivity index (χ3n) is 2.14. The van der Waals surface area contributed by atoms with Gasteiger partial charge in [-0.05, 0) is 24.6 Å². The molecule has 76 valence electrons. The first-order chi connectivity index (χ1) is 6.56. The van der Waals surface area contributed by atoms with Gasteiger partial charge in [-0.2, -0.15) is 0 Å². The van der Waals surface area contributed by atoms with Crippen LogP contribution in [0.25, 0.3) is 0 Å². The lowest BCUT2D eigenvalue weighted by Gasteiger charge is -2.14. The zero-order valence-electron chi connectivity index (χ0n) is 9.00. The van der Waals surface area contributed by atoms with E-state index in [1.807, 2.05) is 44.1 Å². The topological polar surface area (TPSA) is 29.5 Å². The Kier molecular flexibility index (Phi) is 3.12. The second-order valence-corrected chi connectivity index (χ2v) is 3.39. The molecule has 0 saturated carbocycles. The summed E-state index contributed by atoms with van der Waals surface area (Å²) in [7, 11) is 5.27. The van der Waals surface area contributed by atoms with Gasteiger partial charge in [0.15, 0.2) is 0 Å². The summed E-state index contributed by atoms with van der Waals surface area (Å²) in [4.78, 5) is 13.3. The van der Waals surface area contributed by atoms with Gasteiger partial charge in [-0.1, -0.05) is 6.07 Å². The molecule has 0 spiro atoms. The Balaban J connectivity index is 3.15. The summed E-state index contributed by atoms with van der Waals surface area (Å²) in [5.74, 6) is -0.286. The Hall–Kier alpha value is -1.51. The first kappa shape index (κ1) is 10.6. The number of benzene rings is 1. The van der Waals surface area contributed by atoms with Crippen LogP contribution < -0.4 is 4.90 Å². The number of rotatable bonds is 2. The van der Waals surface area contributed by atoms with Crippen molar-refractivity contribution in [1.29, 1.82) is 0 Å². The number of aryl methyl sites for hydroxylation is 1. The number of anilines is 1. The SMILES string of the molecule is COC(=O)c1cc(N(C)C)ccc1C. The largest absolute Gasteiger partial charge is 0.465 e. The summed E-state index contributed by atoms with van der Waals surface area (Å²) < 4.78 is 4.69. The van der Waals surface area contributed by atoms with Gasteiger partial charge in [-0.15, -0.1) is 0 Å². The van der Waals surface area contributed by atoms with Crippen molar-refractivity contribution in [2.75, 3.05) is 26.1 Å². The average Bonchev–Trinajstić information content (AvgIpc) is 2.17. The van der Waals surface area contributed by atoms with Crippen molar-refractivity contribution in [2.45, 2.75) is 6.92 Å². The molecule has 0 aromatic heterocycles. The van der Waals surface area contributed by atoms with E-state index in [1.54, 1.807) is 0 Å². The summed E-state index contributed by atoms with van der Waals surface area (Å²) in [6.45, 7) is 1.89. The average molecular weight is 193 g/mol. The first-order valence-corrected chi connectivity index (χ1v) is 4.42. The van der Waals surface area contributed by atoms with Crippen LogP contribution in [0.1, 0.15) is 15.9 Å². The molecule has 0 unspecified atom stereocenters.